The number of nitrogens with zero attached hydrogens (tertiary/aromatic N) is 4. The number of carboxylic acid groups (broad SMARTS) is 1. The molecule has 0 aliphatic carbocycles. The molecule has 124 valence electrons. The van der Waals surface area contributed by atoms with Crippen LogP contribution >= 0.6 is 11.3 Å². The third-order valence-corrected chi connectivity index (χ3v) is 4.04. The van der Waals surface area contributed by atoms with Gasteiger partial charge in [-0.15, -0.1) is 10.2 Å². The molecule has 0 atom stereocenters. The summed E-state index contributed by atoms with van der Waals surface area (Å²) < 4.78 is 39.6. The van der Waals surface area contributed by atoms with Gasteiger partial charge in [-0.1, -0.05) is 23.5 Å². The van der Waals surface area contributed by atoms with Crippen molar-refractivity contribution in [3.63, 3.8) is 0 Å². The first kappa shape index (κ1) is 16.1. The van der Waals surface area contributed by atoms with Crippen molar-refractivity contribution >= 4 is 17.3 Å². The van der Waals surface area contributed by atoms with E-state index in [0.717, 1.165) is 23.5 Å². The minimum Gasteiger partial charge on any atom is -0.478 e. The fraction of sp³-hybridized carbons (Fsp3) is 0.143. The first-order valence-corrected chi connectivity index (χ1v) is 7.40. The van der Waals surface area contributed by atoms with E-state index >= 15 is 0 Å². The predicted molar refractivity (Wildman–Crippen MR) is 78.6 cm³/mol. The maximum Gasteiger partial charge on any atom is 0.416 e. The molecule has 0 fully saturated rings. The number of carbonyl (C=O) groups is 1. The number of aromatic carboxylic acids is 1. The van der Waals surface area contributed by atoms with Crippen molar-refractivity contribution in [2.45, 2.75) is 12.7 Å². The summed E-state index contributed by atoms with van der Waals surface area (Å²) in [7, 11) is 0. The minimum atomic E-state index is -4.42. The van der Waals surface area contributed by atoms with Crippen LogP contribution in [0.25, 0.3) is 10.6 Å². The summed E-state index contributed by atoms with van der Waals surface area (Å²) in [5.74, 6) is -1.09. The molecule has 10 heteroatoms. The van der Waals surface area contributed by atoms with E-state index in [1.165, 1.54) is 29.2 Å². The van der Waals surface area contributed by atoms with Crippen molar-refractivity contribution < 1.29 is 23.1 Å². The Morgan fingerprint density at radius 1 is 1.29 bits per heavy atom. The van der Waals surface area contributed by atoms with Gasteiger partial charge in [0.05, 0.1) is 23.9 Å². The van der Waals surface area contributed by atoms with Crippen LogP contribution in [0.3, 0.4) is 0 Å². The second-order valence-electron chi connectivity index (χ2n) is 4.81. The van der Waals surface area contributed by atoms with Crippen molar-refractivity contribution in [2.75, 3.05) is 0 Å². The van der Waals surface area contributed by atoms with E-state index in [1.54, 1.807) is 0 Å². The molecule has 0 aliphatic rings. The molecular formula is C14H9F3N4O2S. The van der Waals surface area contributed by atoms with Crippen LogP contribution in [-0.2, 0) is 12.7 Å². The monoisotopic (exact) mass is 354 g/mol. The summed E-state index contributed by atoms with van der Waals surface area (Å²) in [6, 6.07) is 4.84. The van der Waals surface area contributed by atoms with E-state index in [-0.39, 0.29) is 12.1 Å². The molecule has 0 amide bonds. The number of carboxylic acids is 1. The van der Waals surface area contributed by atoms with Gasteiger partial charge in [0.1, 0.15) is 10.0 Å². The van der Waals surface area contributed by atoms with Crippen LogP contribution in [-0.4, -0.2) is 31.1 Å². The SMILES string of the molecule is O=C(O)c1cnn(Cc2nnc(-c3cccc(C(F)(F)F)c3)s2)c1. The van der Waals surface area contributed by atoms with Crippen molar-refractivity contribution in [3.05, 3.63) is 52.8 Å². The molecule has 0 saturated heterocycles. The van der Waals surface area contributed by atoms with E-state index in [2.05, 4.69) is 15.3 Å². The first-order valence-electron chi connectivity index (χ1n) is 6.59. The molecule has 3 aromatic rings. The maximum absolute atomic E-state index is 12.8. The average molecular weight is 354 g/mol. The lowest BCUT2D eigenvalue weighted by Crippen LogP contribution is -2.04. The van der Waals surface area contributed by atoms with E-state index in [4.69, 9.17) is 5.11 Å². The highest BCUT2D eigenvalue weighted by Gasteiger charge is 2.30. The number of hydrogen-bond acceptors (Lipinski definition) is 5. The van der Waals surface area contributed by atoms with Gasteiger partial charge in [-0.25, -0.2) is 4.79 Å². The van der Waals surface area contributed by atoms with Crippen LogP contribution in [0, 0.1) is 0 Å². The number of benzene rings is 1. The fourth-order valence-corrected chi connectivity index (χ4v) is 2.79. The molecule has 24 heavy (non-hydrogen) atoms. The molecule has 2 heterocycles. The van der Waals surface area contributed by atoms with Gasteiger partial charge in [0.2, 0.25) is 0 Å². The van der Waals surface area contributed by atoms with E-state index in [1.807, 2.05) is 0 Å². The van der Waals surface area contributed by atoms with Gasteiger partial charge < -0.3 is 5.11 Å². The fourth-order valence-electron chi connectivity index (χ4n) is 1.96. The van der Waals surface area contributed by atoms with Gasteiger partial charge in [0.25, 0.3) is 0 Å². The lowest BCUT2D eigenvalue weighted by Gasteiger charge is -2.06. The zero-order chi connectivity index (χ0) is 17.3. The Morgan fingerprint density at radius 3 is 2.75 bits per heavy atom. The van der Waals surface area contributed by atoms with Crippen molar-refractivity contribution in [1.29, 1.82) is 0 Å². The molecule has 0 bridgehead atoms. The summed E-state index contributed by atoms with van der Waals surface area (Å²) in [6.07, 6.45) is -1.88. The van der Waals surface area contributed by atoms with Crippen molar-refractivity contribution in [1.82, 2.24) is 20.0 Å². The van der Waals surface area contributed by atoms with Crippen LogP contribution in [0.5, 0.6) is 0 Å². The standard InChI is InChI=1S/C14H9F3N4O2S/c15-14(16,17)10-3-1-2-8(4-10)12-20-19-11(24-12)7-21-6-9(5-18-21)13(22)23/h1-6H,7H2,(H,22,23). The molecule has 6 nitrogen and oxygen atoms in total. The summed E-state index contributed by atoms with van der Waals surface area (Å²) >= 11 is 1.12. The Balaban J connectivity index is 1.81. The number of aromatic nitrogens is 4. The highest BCUT2D eigenvalue weighted by molar-refractivity contribution is 7.14. The Bertz CT molecular complexity index is 888. The van der Waals surface area contributed by atoms with Crippen molar-refractivity contribution in [2.24, 2.45) is 0 Å². The Labute approximate surface area is 137 Å². The molecule has 0 unspecified atom stereocenters. The lowest BCUT2D eigenvalue weighted by atomic mass is 10.1. The van der Waals surface area contributed by atoms with Gasteiger partial charge in [-0.05, 0) is 12.1 Å². The van der Waals surface area contributed by atoms with E-state index < -0.39 is 17.7 Å². The summed E-state index contributed by atoms with van der Waals surface area (Å²) in [5.41, 5.74) is -0.396. The zero-order valence-electron chi connectivity index (χ0n) is 11.9. The number of alkyl halides is 3. The Kier molecular flexibility index (Phi) is 4.06. The Hall–Kier alpha value is -2.75. The second kappa shape index (κ2) is 6.04. The van der Waals surface area contributed by atoms with Crippen LogP contribution in [0.15, 0.2) is 36.7 Å². The normalized spacial score (nSPS) is 11.6. The molecule has 0 aliphatic heterocycles. The van der Waals surface area contributed by atoms with Gasteiger partial charge >= 0.3 is 12.1 Å². The lowest BCUT2D eigenvalue weighted by molar-refractivity contribution is -0.137. The van der Waals surface area contributed by atoms with Gasteiger partial charge in [-0.2, -0.15) is 18.3 Å². The number of rotatable bonds is 4. The molecule has 1 aromatic carbocycles. The number of halogens is 3. The van der Waals surface area contributed by atoms with Crippen LogP contribution < -0.4 is 0 Å². The minimum absolute atomic E-state index is 0.0395. The van der Waals surface area contributed by atoms with Gasteiger partial charge in [-0.3, -0.25) is 4.68 Å². The van der Waals surface area contributed by atoms with Gasteiger partial charge in [0.15, 0.2) is 0 Å². The molecule has 0 radical (unpaired) electrons. The smallest absolute Gasteiger partial charge is 0.416 e. The summed E-state index contributed by atoms with van der Waals surface area (Å²) in [5, 5.41) is 21.4. The highest BCUT2D eigenvalue weighted by Crippen LogP contribution is 2.33. The molecule has 3 rings (SSSR count). The van der Waals surface area contributed by atoms with Crippen LogP contribution in [0.4, 0.5) is 13.2 Å². The molecule has 1 N–H and O–H groups in total. The third kappa shape index (κ3) is 3.43. The Morgan fingerprint density at radius 2 is 2.08 bits per heavy atom. The van der Waals surface area contributed by atoms with E-state index in [9.17, 15) is 18.0 Å². The zero-order valence-corrected chi connectivity index (χ0v) is 12.7. The van der Waals surface area contributed by atoms with E-state index in [0.29, 0.717) is 15.6 Å². The average Bonchev–Trinajstić information content (AvgIpc) is 3.16. The van der Waals surface area contributed by atoms with Crippen molar-refractivity contribution in [3.8, 4) is 10.6 Å². The summed E-state index contributed by atoms with van der Waals surface area (Å²) in [4.78, 5) is 10.8. The van der Waals surface area contributed by atoms with Gasteiger partial charge in [0, 0.05) is 11.8 Å². The maximum atomic E-state index is 12.8. The predicted octanol–water partition coefficient (Wildman–Crippen LogP) is 3.17. The topological polar surface area (TPSA) is 80.9 Å². The van der Waals surface area contributed by atoms with Crippen LogP contribution in [0.1, 0.15) is 20.9 Å². The first-order chi connectivity index (χ1) is 11.3. The molecule has 0 saturated carbocycles. The highest BCUT2D eigenvalue weighted by atomic mass is 32.1. The van der Waals surface area contributed by atoms with Crippen LogP contribution in [0.2, 0.25) is 0 Å². The molecule has 2 aromatic heterocycles. The summed E-state index contributed by atoms with van der Waals surface area (Å²) in [6.45, 7) is 0.184. The second-order valence-corrected chi connectivity index (χ2v) is 5.87. The molecular weight excluding hydrogens is 345 g/mol. The quantitative estimate of drug-likeness (QED) is 0.778. The third-order valence-electron chi connectivity index (χ3n) is 3.08. The number of hydrogen-bond donors (Lipinski definition) is 1. The molecule has 0 spiro atoms. The largest absolute Gasteiger partial charge is 0.478 e.